The Morgan fingerprint density at radius 2 is 1.88 bits per heavy atom. The summed E-state index contributed by atoms with van der Waals surface area (Å²) in [6.07, 6.45) is -5.23. The lowest BCUT2D eigenvalue weighted by Gasteiger charge is -2.20. The van der Waals surface area contributed by atoms with E-state index in [1.807, 2.05) is 0 Å². The SMILES string of the molecule is CCCC(COC(C)C(F)(F)F)CS(=O)(=O)Cl. The van der Waals surface area contributed by atoms with Gasteiger partial charge in [0.2, 0.25) is 9.05 Å². The Kier molecular flexibility index (Phi) is 6.79. The maximum absolute atomic E-state index is 12.2. The Bertz CT molecular complexity index is 316. The third-order valence-electron chi connectivity index (χ3n) is 2.17. The zero-order valence-corrected chi connectivity index (χ0v) is 11.2. The van der Waals surface area contributed by atoms with Crippen LogP contribution in [0.15, 0.2) is 0 Å². The summed E-state index contributed by atoms with van der Waals surface area (Å²) in [6.45, 7) is 2.43. The molecule has 0 spiro atoms. The van der Waals surface area contributed by atoms with Crippen molar-refractivity contribution in [3.63, 3.8) is 0 Å². The second-order valence-electron chi connectivity index (χ2n) is 3.88. The highest BCUT2D eigenvalue weighted by Gasteiger charge is 2.37. The predicted molar refractivity (Wildman–Crippen MR) is 59.5 cm³/mol. The van der Waals surface area contributed by atoms with Crippen LogP contribution in [0.2, 0.25) is 0 Å². The summed E-state index contributed by atoms with van der Waals surface area (Å²) in [7, 11) is 1.35. The van der Waals surface area contributed by atoms with E-state index in [1.165, 1.54) is 0 Å². The highest BCUT2D eigenvalue weighted by molar-refractivity contribution is 8.13. The molecule has 8 heteroatoms. The number of ether oxygens (including phenoxy) is 1. The van der Waals surface area contributed by atoms with Gasteiger partial charge < -0.3 is 4.74 Å². The average molecular weight is 297 g/mol. The molecule has 0 aliphatic carbocycles. The summed E-state index contributed by atoms with van der Waals surface area (Å²) in [6, 6.07) is 0. The van der Waals surface area contributed by atoms with Gasteiger partial charge in [0.25, 0.3) is 0 Å². The second kappa shape index (κ2) is 6.80. The van der Waals surface area contributed by atoms with Crippen LogP contribution in [-0.4, -0.2) is 33.1 Å². The minimum absolute atomic E-state index is 0.263. The van der Waals surface area contributed by atoms with E-state index in [4.69, 9.17) is 10.7 Å². The number of rotatable bonds is 7. The Hall–Kier alpha value is -0.0100. The largest absolute Gasteiger partial charge is 0.414 e. The third-order valence-corrected chi connectivity index (χ3v) is 3.42. The summed E-state index contributed by atoms with van der Waals surface area (Å²) >= 11 is 0. The van der Waals surface area contributed by atoms with Crippen molar-refractivity contribution in [1.29, 1.82) is 0 Å². The van der Waals surface area contributed by atoms with Gasteiger partial charge >= 0.3 is 6.18 Å². The highest BCUT2D eigenvalue weighted by atomic mass is 35.7. The monoisotopic (exact) mass is 296 g/mol. The molecule has 0 rings (SSSR count). The Morgan fingerprint density at radius 1 is 1.35 bits per heavy atom. The summed E-state index contributed by atoms with van der Waals surface area (Å²) in [5.74, 6) is -0.875. The number of hydrogen-bond acceptors (Lipinski definition) is 3. The summed E-state index contributed by atoms with van der Waals surface area (Å²) < 4.78 is 62.8. The molecule has 2 unspecified atom stereocenters. The first-order valence-corrected chi connectivity index (χ1v) is 7.64. The molecular weight excluding hydrogens is 281 g/mol. The van der Waals surface area contributed by atoms with Crippen LogP contribution in [0.3, 0.4) is 0 Å². The molecule has 0 radical (unpaired) electrons. The van der Waals surface area contributed by atoms with E-state index < -0.39 is 27.2 Å². The van der Waals surface area contributed by atoms with Crippen LogP contribution in [0.25, 0.3) is 0 Å². The second-order valence-corrected chi connectivity index (χ2v) is 6.70. The highest BCUT2D eigenvalue weighted by Crippen LogP contribution is 2.23. The molecule has 0 heterocycles. The van der Waals surface area contributed by atoms with Crippen LogP contribution >= 0.6 is 10.7 Å². The van der Waals surface area contributed by atoms with E-state index in [0.29, 0.717) is 12.8 Å². The lowest BCUT2D eigenvalue weighted by molar-refractivity contribution is -0.216. The number of alkyl halides is 3. The van der Waals surface area contributed by atoms with E-state index in [0.717, 1.165) is 6.92 Å². The minimum Gasteiger partial charge on any atom is -0.369 e. The Labute approximate surface area is 104 Å². The van der Waals surface area contributed by atoms with Crippen molar-refractivity contribution in [3.05, 3.63) is 0 Å². The predicted octanol–water partition coefficient (Wildman–Crippen LogP) is 2.94. The normalized spacial score (nSPS) is 16.8. The van der Waals surface area contributed by atoms with Gasteiger partial charge in [-0.25, -0.2) is 8.42 Å². The number of hydrogen-bond donors (Lipinski definition) is 0. The molecule has 0 N–H and O–H groups in total. The van der Waals surface area contributed by atoms with Crippen LogP contribution in [0.4, 0.5) is 13.2 Å². The van der Waals surface area contributed by atoms with Gasteiger partial charge in [-0.1, -0.05) is 13.3 Å². The molecule has 0 saturated heterocycles. The smallest absolute Gasteiger partial charge is 0.369 e. The van der Waals surface area contributed by atoms with Gasteiger partial charge in [0.15, 0.2) is 6.10 Å². The third kappa shape index (κ3) is 8.68. The molecule has 0 aromatic heterocycles. The fourth-order valence-electron chi connectivity index (χ4n) is 1.28. The quantitative estimate of drug-likeness (QED) is 0.678. The Morgan fingerprint density at radius 3 is 2.24 bits per heavy atom. The minimum atomic E-state index is -4.43. The van der Waals surface area contributed by atoms with Crippen molar-refractivity contribution in [3.8, 4) is 0 Å². The molecule has 17 heavy (non-hydrogen) atoms. The van der Waals surface area contributed by atoms with Gasteiger partial charge in [0.05, 0.1) is 12.4 Å². The fraction of sp³-hybridized carbons (Fsp3) is 1.00. The zero-order chi connectivity index (χ0) is 13.7. The molecule has 104 valence electrons. The van der Waals surface area contributed by atoms with Crippen LogP contribution in [0.1, 0.15) is 26.7 Å². The molecule has 0 bridgehead atoms. The lowest BCUT2D eigenvalue weighted by atomic mass is 10.1. The van der Waals surface area contributed by atoms with Gasteiger partial charge in [-0.05, 0) is 19.3 Å². The molecule has 3 nitrogen and oxygen atoms in total. The van der Waals surface area contributed by atoms with Crippen molar-refractivity contribution in [1.82, 2.24) is 0 Å². The van der Waals surface area contributed by atoms with E-state index in [-0.39, 0.29) is 12.4 Å². The first-order chi connectivity index (χ1) is 7.56. The van der Waals surface area contributed by atoms with Crippen LogP contribution in [0, 0.1) is 5.92 Å². The molecule has 0 amide bonds. The van der Waals surface area contributed by atoms with Crippen molar-refractivity contribution in [2.75, 3.05) is 12.4 Å². The maximum atomic E-state index is 12.2. The van der Waals surface area contributed by atoms with Crippen molar-refractivity contribution < 1.29 is 26.3 Å². The lowest BCUT2D eigenvalue weighted by Crippen LogP contribution is -2.31. The summed E-state index contributed by atoms with van der Waals surface area (Å²) in [5, 5.41) is 0. The fourth-order valence-corrected chi connectivity index (χ4v) is 2.64. The van der Waals surface area contributed by atoms with Crippen molar-refractivity contribution >= 4 is 19.7 Å². The van der Waals surface area contributed by atoms with E-state index in [9.17, 15) is 21.6 Å². The first-order valence-electron chi connectivity index (χ1n) is 5.17. The van der Waals surface area contributed by atoms with Gasteiger partial charge in [0.1, 0.15) is 0 Å². The standard InChI is InChI=1S/C9H16ClF3O3S/c1-3-4-8(6-17(10,14)15)5-16-7(2)9(11,12)13/h7-8H,3-6H2,1-2H3. The molecule has 0 aliphatic rings. The van der Waals surface area contributed by atoms with Gasteiger partial charge in [-0.2, -0.15) is 13.2 Å². The van der Waals surface area contributed by atoms with E-state index in [1.54, 1.807) is 6.92 Å². The van der Waals surface area contributed by atoms with Gasteiger partial charge in [-0.3, -0.25) is 0 Å². The summed E-state index contributed by atoms with van der Waals surface area (Å²) in [4.78, 5) is 0. The van der Waals surface area contributed by atoms with Crippen LogP contribution in [-0.2, 0) is 13.8 Å². The molecule has 0 saturated carbocycles. The average Bonchev–Trinajstić information content (AvgIpc) is 2.10. The van der Waals surface area contributed by atoms with E-state index in [2.05, 4.69) is 4.74 Å². The molecule has 0 aliphatic heterocycles. The molecule has 0 aromatic rings. The maximum Gasteiger partial charge on any atom is 0.414 e. The van der Waals surface area contributed by atoms with Crippen LogP contribution < -0.4 is 0 Å². The first kappa shape index (κ1) is 17.0. The van der Waals surface area contributed by atoms with Gasteiger partial charge in [-0.15, -0.1) is 0 Å². The summed E-state index contributed by atoms with van der Waals surface area (Å²) in [5.41, 5.74) is 0. The molecule has 0 fully saturated rings. The topological polar surface area (TPSA) is 43.4 Å². The molecule has 2 atom stereocenters. The van der Waals surface area contributed by atoms with E-state index >= 15 is 0 Å². The molecular formula is C9H16ClF3O3S. The molecule has 0 aromatic carbocycles. The zero-order valence-electron chi connectivity index (χ0n) is 9.63. The van der Waals surface area contributed by atoms with Crippen molar-refractivity contribution in [2.45, 2.75) is 39.0 Å². The van der Waals surface area contributed by atoms with Gasteiger partial charge in [0, 0.05) is 10.7 Å². The Balaban J connectivity index is 4.28. The van der Waals surface area contributed by atoms with Crippen LogP contribution in [0.5, 0.6) is 0 Å². The number of halogens is 4. The van der Waals surface area contributed by atoms with Crippen molar-refractivity contribution in [2.24, 2.45) is 5.92 Å².